The van der Waals surface area contributed by atoms with E-state index in [4.69, 9.17) is 18.9 Å². The topological polar surface area (TPSA) is 83.1 Å². The SMILES string of the molecule is CCCC(=O)OC1C(NC)OC(C)C(OC)C1OC(=O)CCC. The quantitative estimate of drug-likeness (QED) is 0.673. The van der Waals surface area contributed by atoms with Gasteiger partial charge in [0, 0.05) is 20.0 Å². The summed E-state index contributed by atoms with van der Waals surface area (Å²) >= 11 is 0. The maximum absolute atomic E-state index is 12.0. The Morgan fingerprint density at radius 3 is 1.96 bits per heavy atom. The Morgan fingerprint density at radius 2 is 1.52 bits per heavy atom. The highest BCUT2D eigenvalue weighted by Gasteiger charge is 2.48. The number of hydrogen-bond donors (Lipinski definition) is 1. The van der Waals surface area contributed by atoms with E-state index in [2.05, 4.69) is 5.32 Å². The average Bonchev–Trinajstić information content (AvgIpc) is 2.50. The molecule has 1 rings (SSSR count). The summed E-state index contributed by atoms with van der Waals surface area (Å²) in [5, 5.41) is 2.97. The van der Waals surface area contributed by atoms with Crippen LogP contribution in [-0.2, 0) is 28.5 Å². The summed E-state index contributed by atoms with van der Waals surface area (Å²) < 4.78 is 22.3. The Kier molecular flexibility index (Phi) is 8.51. The van der Waals surface area contributed by atoms with Crippen molar-refractivity contribution in [2.75, 3.05) is 14.2 Å². The molecule has 0 radical (unpaired) electrons. The smallest absolute Gasteiger partial charge is 0.306 e. The summed E-state index contributed by atoms with van der Waals surface area (Å²) in [4.78, 5) is 23.9. The van der Waals surface area contributed by atoms with Crippen LogP contribution in [0, 0.1) is 0 Å². The molecule has 0 aromatic heterocycles. The molecule has 134 valence electrons. The van der Waals surface area contributed by atoms with Crippen LogP contribution in [0.5, 0.6) is 0 Å². The summed E-state index contributed by atoms with van der Waals surface area (Å²) in [7, 11) is 3.23. The summed E-state index contributed by atoms with van der Waals surface area (Å²) in [5.41, 5.74) is 0. The van der Waals surface area contributed by atoms with Crippen molar-refractivity contribution in [2.24, 2.45) is 0 Å². The number of ether oxygens (including phenoxy) is 4. The molecule has 0 amide bonds. The lowest BCUT2D eigenvalue weighted by Crippen LogP contribution is -2.63. The van der Waals surface area contributed by atoms with Crippen LogP contribution in [0.1, 0.15) is 46.5 Å². The van der Waals surface area contributed by atoms with Crippen molar-refractivity contribution in [3.8, 4) is 0 Å². The summed E-state index contributed by atoms with van der Waals surface area (Å²) in [6.07, 6.45) is -0.847. The number of likely N-dealkylation sites (N-methyl/N-ethyl adjacent to an activating group) is 1. The number of methoxy groups -OCH3 is 1. The lowest BCUT2D eigenvalue weighted by molar-refractivity contribution is -0.248. The first-order valence-corrected chi connectivity index (χ1v) is 8.22. The van der Waals surface area contributed by atoms with Crippen molar-refractivity contribution in [3.63, 3.8) is 0 Å². The molecule has 0 aliphatic carbocycles. The zero-order chi connectivity index (χ0) is 17.4. The molecular weight excluding hydrogens is 302 g/mol. The van der Waals surface area contributed by atoms with Crippen LogP contribution in [0.2, 0.25) is 0 Å². The number of rotatable bonds is 8. The molecule has 7 heteroatoms. The van der Waals surface area contributed by atoms with E-state index >= 15 is 0 Å². The largest absolute Gasteiger partial charge is 0.455 e. The molecule has 0 spiro atoms. The molecule has 0 saturated carbocycles. The molecule has 1 heterocycles. The predicted molar refractivity (Wildman–Crippen MR) is 83.8 cm³/mol. The zero-order valence-electron chi connectivity index (χ0n) is 14.7. The average molecular weight is 331 g/mol. The van der Waals surface area contributed by atoms with Gasteiger partial charge in [-0.05, 0) is 26.8 Å². The van der Waals surface area contributed by atoms with Crippen LogP contribution in [0.15, 0.2) is 0 Å². The van der Waals surface area contributed by atoms with Gasteiger partial charge in [-0.15, -0.1) is 0 Å². The van der Waals surface area contributed by atoms with Gasteiger partial charge < -0.3 is 18.9 Å². The predicted octanol–water partition coefficient (Wildman–Crippen LogP) is 1.39. The summed E-state index contributed by atoms with van der Waals surface area (Å²) in [6, 6.07) is 0. The van der Waals surface area contributed by atoms with Gasteiger partial charge in [0.1, 0.15) is 12.3 Å². The molecule has 23 heavy (non-hydrogen) atoms. The fourth-order valence-electron chi connectivity index (χ4n) is 2.66. The van der Waals surface area contributed by atoms with E-state index in [1.165, 1.54) is 7.11 Å². The molecule has 5 atom stereocenters. The zero-order valence-corrected chi connectivity index (χ0v) is 14.7. The molecule has 0 aromatic rings. The highest BCUT2D eigenvalue weighted by atomic mass is 16.6. The minimum Gasteiger partial charge on any atom is -0.455 e. The van der Waals surface area contributed by atoms with Gasteiger partial charge in [0.2, 0.25) is 0 Å². The normalized spacial score (nSPS) is 30.7. The van der Waals surface area contributed by atoms with E-state index < -0.39 is 24.5 Å². The maximum Gasteiger partial charge on any atom is 0.306 e. The second-order valence-corrected chi connectivity index (χ2v) is 5.66. The van der Waals surface area contributed by atoms with Gasteiger partial charge in [-0.3, -0.25) is 14.9 Å². The van der Waals surface area contributed by atoms with Crippen LogP contribution in [0.4, 0.5) is 0 Å². The molecule has 1 aliphatic heterocycles. The lowest BCUT2D eigenvalue weighted by atomic mass is 9.98. The van der Waals surface area contributed by atoms with Gasteiger partial charge >= 0.3 is 11.9 Å². The summed E-state index contributed by atoms with van der Waals surface area (Å²) in [6.45, 7) is 5.63. The molecular formula is C16H29NO6. The molecule has 0 aromatic carbocycles. The van der Waals surface area contributed by atoms with Gasteiger partial charge in [0.25, 0.3) is 0 Å². The van der Waals surface area contributed by atoms with E-state index in [1.54, 1.807) is 7.05 Å². The lowest BCUT2D eigenvalue weighted by Gasteiger charge is -2.43. The van der Waals surface area contributed by atoms with Crippen molar-refractivity contribution in [1.29, 1.82) is 0 Å². The highest BCUT2D eigenvalue weighted by Crippen LogP contribution is 2.27. The molecule has 5 unspecified atom stereocenters. The Bertz CT molecular complexity index is 389. The van der Waals surface area contributed by atoms with Crippen LogP contribution >= 0.6 is 0 Å². The second-order valence-electron chi connectivity index (χ2n) is 5.66. The van der Waals surface area contributed by atoms with Crippen LogP contribution in [0.25, 0.3) is 0 Å². The van der Waals surface area contributed by atoms with Crippen molar-refractivity contribution in [2.45, 2.75) is 77.1 Å². The first-order valence-electron chi connectivity index (χ1n) is 8.22. The van der Waals surface area contributed by atoms with Crippen molar-refractivity contribution in [3.05, 3.63) is 0 Å². The van der Waals surface area contributed by atoms with Gasteiger partial charge in [0.05, 0.1) is 6.10 Å². The van der Waals surface area contributed by atoms with Gasteiger partial charge in [0.15, 0.2) is 12.2 Å². The van der Waals surface area contributed by atoms with Crippen LogP contribution in [-0.4, -0.2) is 56.7 Å². The minimum atomic E-state index is -0.749. The fraction of sp³-hybridized carbons (Fsp3) is 0.875. The Balaban J connectivity index is 2.97. The second kappa shape index (κ2) is 9.85. The third kappa shape index (κ3) is 5.44. The van der Waals surface area contributed by atoms with E-state index in [9.17, 15) is 9.59 Å². The fourth-order valence-corrected chi connectivity index (χ4v) is 2.66. The Morgan fingerprint density at radius 1 is 1.00 bits per heavy atom. The molecule has 0 bridgehead atoms. The van der Waals surface area contributed by atoms with Crippen molar-refractivity contribution >= 4 is 11.9 Å². The molecule has 1 saturated heterocycles. The van der Waals surface area contributed by atoms with Crippen molar-refractivity contribution in [1.82, 2.24) is 5.32 Å². The van der Waals surface area contributed by atoms with Crippen molar-refractivity contribution < 1.29 is 28.5 Å². The molecule has 1 aliphatic rings. The van der Waals surface area contributed by atoms with Gasteiger partial charge in [-0.2, -0.15) is 0 Å². The van der Waals surface area contributed by atoms with Crippen LogP contribution in [0.3, 0.4) is 0 Å². The minimum absolute atomic E-state index is 0.301. The molecule has 1 fully saturated rings. The Labute approximate surface area is 138 Å². The van der Waals surface area contributed by atoms with Crippen LogP contribution < -0.4 is 5.32 Å². The Hall–Kier alpha value is -1.18. The first kappa shape index (κ1) is 19.9. The number of hydrogen-bond acceptors (Lipinski definition) is 7. The standard InChI is InChI=1S/C16H29NO6/c1-6-8-11(18)22-14-13(20-5)10(3)21-16(17-4)15(14)23-12(19)9-7-2/h10,13-17H,6-9H2,1-5H3. The number of carbonyl (C=O) groups is 2. The summed E-state index contributed by atoms with van der Waals surface area (Å²) in [5.74, 6) is -0.678. The number of nitrogens with one attached hydrogen (secondary N) is 1. The third-order valence-electron chi connectivity index (χ3n) is 3.77. The molecule has 1 N–H and O–H groups in total. The first-order chi connectivity index (χ1) is 11.0. The van der Waals surface area contributed by atoms with E-state index in [0.29, 0.717) is 25.7 Å². The number of carbonyl (C=O) groups excluding carboxylic acids is 2. The maximum atomic E-state index is 12.0. The molecule has 7 nitrogen and oxygen atoms in total. The highest BCUT2D eigenvalue weighted by molar-refractivity contribution is 5.70. The van der Waals surface area contributed by atoms with E-state index in [0.717, 1.165) is 0 Å². The van der Waals surface area contributed by atoms with Gasteiger partial charge in [-0.25, -0.2) is 0 Å². The van der Waals surface area contributed by atoms with E-state index in [-0.39, 0.29) is 18.0 Å². The number of esters is 2. The van der Waals surface area contributed by atoms with Gasteiger partial charge in [-0.1, -0.05) is 13.8 Å². The monoisotopic (exact) mass is 331 g/mol. The third-order valence-corrected chi connectivity index (χ3v) is 3.77. The van der Waals surface area contributed by atoms with E-state index in [1.807, 2.05) is 20.8 Å².